The van der Waals surface area contributed by atoms with E-state index in [0.29, 0.717) is 17.8 Å². The molecule has 1 atom stereocenters. The lowest BCUT2D eigenvalue weighted by atomic mass is 10.1. The maximum absolute atomic E-state index is 14.5. The number of carbonyl (C=O) groups is 1. The summed E-state index contributed by atoms with van der Waals surface area (Å²) in [5, 5.41) is 7.81. The minimum absolute atomic E-state index is 0.0780. The van der Waals surface area contributed by atoms with Gasteiger partial charge in [-0.3, -0.25) is 4.90 Å². The first-order valence-corrected chi connectivity index (χ1v) is 10.2. The Balaban J connectivity index is 1.50. The van der Waals surface area contributed by atoms with Gasteiger partial charge in [-0.05, 0) is 30.7 Å². The van der Waals surface area contributed by atoms with E-state index in [0.717, 1.165) is 5.69 Å². The number of carbonyl (C=O) groups excluding carboxylic acids is 1. The monoisotopic (exact) mass is 392 g/mol. The summed E-state index contributed by atoms with van der Waals surface area (Å²) in [6.45, 7) is 2.42. The predicted octanol–water partition coefficient (Wildman–Crippen LogP) is 1.56. The Morgan fingerprint density at radius 2 is 2.19 bits per heavy atom. The van der Waals surface area contributed by atoms with Gasteiger partial charge in [-0.15, -0.1) is 5.10 Å². The van der Waals surface area contributed by atoms with Gasteiger partial charge in [0.15, 0.2) is 9.84 Å². The van der Waals surface area contributed by atoms with Crippen LogP contribution < -0.4 is 4.90 Å². The molecule has 0 saturated carbocycles. The van der Waals surface area contributed by atoms with Crippen molar-refractivity contribution in [2.45, 2.75) is 19.6 Å². The number of aryl methyl sites for hydroxylation is 1. The molecule has 0 spiro atoms. The minimum atomic E-state index is -3.19. The van der Waals surface area contributed by atoms with Crippen molar-refractivity contribution in [1.82, 2.24) is 15.0 Å². The molecule has 2 aliphatic heterocycles. The van der Waals surface area contributed by atoms with Crippen LogP contribution in [0.2, 0.25) is 0 Å². The summed E-state index contributed by atoms with van der Waals surface area (Å²) in [4.78, 5) is 13.5. The lowest BCUT2D eigenvalue weighted by Crippen LogP contribution is -2.26. The van der Waals surface area contributed by atoms with E-state index in [4.69, 9.17) is 4.74 Å². The summed E-state index contributed by atoms with van der Waals surface area (Å²) in [5.74, 6) is -0.821. The van der Waals surface area contributed by atoms with E-state index in [9.17, 15) is 17.6 Å². The summed E-state index contributed by atoms with van der Waals surface area (Å²) in [6.07, 6.45) is 2.28. The highest BCUT2D eigenvalue weighted by atomic mass is 32.2. The molecule has 1 saturated heterocycles. The van der Waals surface area contributed by atoms with Crippen LogP contribution in [0, 0.1) is 12.7 Å². The van der Waals surface area contributed by atoms with E-state index in [-0.39, 0.29) is 23.6 Å². The molecule has 0 bridgehead atoms. The first-order valence-electron chi connectivity index (χ1n) is 8.35. The first-order chi connectivity index (χ1) is 12.8. The Morgan fingerprint density at radius 3 is 2.81 bits per heavy atom. The number of aromatic nitrogens is 3. The van der Waals surface area contributed by atoms with Gasteiger partial charge < -0.3 is 4.74 Å². The highest BCUT2D eigenvalue weighted by Gasteiger charge is 2.33. The molecule has 1 aromatic heterocycles. The predicted molar refractivity (Wildman–Crippen MR) is 95.4 cm³/mol. The SMILES string of the molecule is Cc1cn(C[C@H]2CN(c3ccc(C4=CCS(=O)(=O)C4)c(F)c3)C(=O)O2)nn1. The molecule has 0 N–H and O–H groups in total. The molecular weight excluding hydrogens is 375 g/mol. The van der Waals surface area contributed by atoms with Crippen LogP contribution in [0.1, 0.15) is 11.3 Å². The van der Waals surface area contributed by atoms with Crippen molar-refractivity contribution in [2.24, 2.45) is 0 Å². The molecule has 10 heteroatoms. The van der Waals surface area contributed by atoms with Crippen LogP contribution in [0.15, 0.2) is 30.5 Å². The molecule has 2 aliphatic rings. The smallest absolute Gasteiger partial charge is 0.414 e. The topological polar surface area (TPSA) is 94.4 Å². The standard InChI is InChI=1S/C17H17FN4O4S/c1-11-7-21(20-19-11)8-14-9-22(17(23)26-14)13-2-3-15(16(18)6-13)12-4-5-27(24,25)10-12/h2-4,6-7,14H,5,8-10H2,1H3/t14-/m0/s1. The van der Waals surface area contributed by atoms with Crippen molar-refractivity contribution in [1.29, 1.82) is 0 Å². The van der Waals surface area contributed by atoms with E-state index < -0.39 is 27.9 Å². The van der Waals surface area contributed by atoms with Crippen LogP contribution >= 0.6 is 0 Å². The number of halogens is 1. The lowest BCUT2D eigenvalue weighted by molar-refractivity contribution is 0.129. The molecule has 8 nitrogen and oxygen atoms in total. The van der Waals surface area contributed by atoms with Crippen molar-refractivity contribution in [3.63, 3.8) is 0 Å². The normalized spacial score (nSPS) is 21.4. The van der Waals surface area contributed by atoms with Crippen LogP contribution in [-0.4, -0.2) is 53.7 Å². The van der Waals surface area contributed by atoms with E-state index >= 15 is 0 Å². The van der Waals surface area contributed by atoms with Gasteiger partial charge in [-0.25, -0.2) is 22.3 Å². The molecule has 1 amide bonds. The van der Waals surface area contributed by atoms with Crippen LogP contribution in [0.4, 0.5) is 14.9 Å². The van der Waals surface area contributed by atoms with Gasteiger partial charge in [-0.1, -0.05) is 11.3 Å². The Kier molecular flexibility index (Phi) is 4.22. The second kappa shape index (κ2) is 6.45. The lowest BCUT2D eigenvalue weighted by Gasteiger charge is -2.14. The number of sulfone groups is 1. The molecule has 27 heavy (non-hydrogen) atoms. The second-order valence-electron chi connectivity index (χ2n) is 6.65. The summed E-state index contributed by atoms with van der Waals surface area (Å²) in [5.41, 5.74) is 1.81. The third-order valence-electron chi connectivity index (χ3n) is 4.49. The zero-order chi connectivity index (χ0) is 19.2. The molecule has 4 rings (SSSR count). The van der Waals surface area contributed by atoms with Crippen molar-refractivity contribution < 1.29 is 22.3 Å². The number of rotatable bonds is 4. The molecule has 3 heterocycles. The van der Waals surface area contributed by atoms with Gasteiger partial charge in [0.1, 0.15) is 11.9 Å². The van der Waals surface area contributed by atoms with Crippen LogP contribution in [0.3, 0.4) is 0 Å². The van der Waals surface area contributed by atoms with Crippen LogP contribution in [-0.2, 0) is 21.1 Å². The molecule has 0 unspecified atom stereocenters. The maximum atomic E-state index is 14.5. The molecule has 1 aromatic carbocycles. The maximum Gasteiger partial charge on any atom is 0.414 e. The number of ether oxygens (including phenoxy) is 1. The van der Waals surface area contributed by atoms with E-state index in [1.807, 2.05) is 6.92 Å². The molecule has 0 radical (unpaired) electrons. The van der Waals surface area contributed by atoms with Gasteiger partial charge >= 0.3 is 6.09 Å². The van der Waals surface area contributed by atoms with Crippen molar-refractivity contribution in [3.8, 4) is 0 Å². The fourth-order valence-corrected chi connectivity index (χ4v) is 4.54. The second-order valence-corrected chi connectivity index (χ2v) is 8.76. The fraction of sp³-hybridized carbons (Fsp3) is 0.353. The van der Waals surface area contributed by atoms with Crippen LogP contribution in [0.25, 0.3) is 5.57 Å². The van der Waals surface area contributed by atoms with Crippen molar-refractivity contribution in [3.05, 3.63) is 47.5 Å². The molecule has 142 valence electrons. The molecular formula is C17H17FN4O4S. The Labute approximate surface area is 155 Å². The van der Waals surface area contributed by atoms with Gasteiger partial charge in [0.2, 0.25) is 0 Å². The third-order valence-corrected chi connectivity index (χ3v) is 5.91. The highest BCUT2D eigenvalue weighted by molar-refractivity contribution is 7.92. The number of nitrogens with zero attached hydrogens (tertiary/aromatic N) is 4. The average molecular weight is 392 g/mol. The van der Waals surface area contributed by atoms with E-state index in [2.05, 4.69) is 10.3 Å². The number of hydrogen-bond donors (Lipinski definition) is 0. The molecule has 1 fully saturated rings. The molecule has 2 aromatic rings. The van der Waals surface area contributed by atoms with E-state index in [1.54, 1.807) is 16.9 Å². The summed E-state index contributed by atoms with van der Waals surface area (Å²) in [6, 6.07) is 4.32. The number of cyclic esters (lactones) is 1. The van der Waals surface area contributed by atoms with Gasteiger partial charge in [0.05, 0.1) is 36.0 Å². The number of amides is 1. The number of anilines is 1. The quantitative estimate of drug-likeness (QED) is 0.784. The van der Waals surface area contributed by atoms with Gasteiger partial charge in [0.25, 0.3) is 0 Å². The first kappa shape index (κ1) is 17.7. The Hall–Kier alpha value is -2.75. The fourth-order valence-electron chi connectivity index (χ4n) is 3.22. The third kappa shape index (κ3) is 3.57. The van der Waals surface area contributed by atoms with Crippen molar-refractivity contribution >= 4 is 27.2 Å². The van der Waals surface area contributed by atoms with Crippen LogP contribution in [0.5, 0.6) is 0 Å². The highest BCUT2D eigenvalue weighted by Crippen LogP contribution is 2.29. The summed E-state index contributed by atoms with van der Waals surface area (Å²) in [7, 11) is -3.19. The number of hydrogen-bond acceptors (Lipinski definition) is 6. The number of benzene rings is 1. The van der Waals surface area contributed by atoms with Crippen molar-refractivity contribution in [2.75, 3.05) is 23.0 Å². The zero-order valence-corrected chi connectivity index (χ0v) is 15.3. The summed E-state index contributed by atoms with van der Waals surface area (Å²) >= 11 is 0. The largest absolute Gasteiger partial charge is 0.442 e. The Morgan fingerprint density at radius 1 is 1.37 bits per heavy atom. The average Bonchev–Trinajstić information content (AvgIpc) is 3.27. The van der Waals surface area contributed by atoms with E-state index in [1.165, 1.54) is 23.1 Å². The van der Waals surface area contributed by atoms with Gasteiger partial charge in [-0.2, -0.15) is 0 Å². The molecule has 0 aliphatic carbocycles. The Bertz CT molecular complexity index is 1050. The van der Waals surface area contributed by atoms with Gasteiger partial charge in [0, 0.05) is 11.8 Å². The minimum Gasteiger partial charge on any atom is -0.442 e. The zero-order valence-electron chi connectivity index (χ0n) is 14.5. The summed E-state index contributed by atoms with van der Waals surface area (Å²) < 4.78 is 44.6.